The summed E-state index contributed by atoms with van der Waals surface area (Å²) in [4.78, 5) is 12.0. The highest BCUT2D eigenvalue weighted by Gasteiger charge is 2.15. The number of carbonyl (C=O) groups excluding carboxylic acids is 1. The highest BCUT2D eigenvalue weighted by molar-refractivity contribution is 9.10. The molecule has 1 heterocycles. The van der Waals surface area contributed by atoms with Gasteiger partial charge in [-0.25, -0.2) is 4.39 Å². The summed E-state index contributed by atoms with van der Waals surface area (Å²) in [6.07, 6.45) is 0. The van der Waals surface area contributed by atoms with Gasteiger partial charge >= 0.3 is 0 Å². The van der Waals surface area contributed by atoms with Crippen molar-refractivity contribution in [3.8, 4) is 0 Å². The molecule has 0 bridgehead atoms. The van der Waals surface area contributed by atoms with Crippen LogP contribution < -0.4 is 0 Å². The number of halogens is 2. The van der Waals surface area contributed by atoms with Crippen LogP contribution in [0.2, 0.25) is 0 Å². The number of ketones is 1. The molecular formula is C13H10BrFO3. The van der Waals surface area contributed by atoms with Crippen LogP contribution in [0.1, 0.15) is 21.9 Å². The lowest BCUT2D eigenvalue weighted by Gasteiger charge is -2.00. The summed E-state index contributed by atoms with van der Waals surface area (Å²) >= 11 is 3.14. The van der Waals surface area contributed by atoms with Gasteiger partial charge in [-0.05, 0) is 30.3 Å². The lowest BCUT2D eigenvalue weighted by Crippen LogP contribution is -2.00. The molecule has 0 aliphatic rings. The zero-order valence-corrected chi connectivity index (χ0v) is 11.2. The molecule has 0 saturated carbocycles. The molecule has 0 N–H and O–H groups in total. The van der Waals surface area contributed by atoms with E-state index in [1.165, 1.54) is 19.2 Å². The Morgan fingerprint density at radius 3 is 2.83 bits per heavy atom. The van der Waals surface area contributed by atoms with Crippen LogP contribution in [-0.2, 0) is 11.3 Å². The number of carbonyl (C=O) groups is 1. The fourth-order valence-electron chi connectivity index (χ4n) is 1.55. The minimum absolute atomic E-state index is 0.166. The van der Waals surface area contributed by atoms with Gasteiger partial charge in [0.2, 0.25) is 5.78 Å². The van der Waals surface area contributed by atoms with Gasteiger partial charge in [0.05, 0.1) is 0 Å². The fraction of sp³-hybridized carbons (Fsp3) is 0.154. The van der Waals surface area contributed by atoms with E-state index in [1.54, 1.807) is 18.2 Å². The zero-order valence-electron chi connectivity index (χ0n) is 9.57. The molecule has 94 valence electrons. The van der Waals surface area contributed by atoms with Crippen LogP contribution in [0, 0.1) is 5.82 Å². The van der Waals surface area contributed by atoms with Crippen LogP contribution in [-0.4, -0.2) is 12.9 Å². The first kappa shape index (κ1) is 13.0. The van der Waals surface area contributed by atoms with Crippen molar-refractivity contribution >= 4 is 21.7 Å². The maximum absolute atomic E-state index is 13.2. The molecule has 0 fully saturated rings. The number of methoxy groups -OCH3 is 1. The van der Waals surface area contributed by atoms with E-state index in [9.17, 15) is 9.18 Å². The highest BCUT2D eigenvalue weighted by Crippen LogP contribution is 2.19. The maximum Gasteiger partial charge on any atom is 0.228 e. The van der Waals surface area contributed by atoms with Gasteiger partial charge in [-0.3, -0.25) is 4.79 Å². The number of ether oxygens (including phenoxy) is 1. The van der Waals surface area contributed by atoms with Gasteiger partial charge in [0.15, 0.2) is 5.76 Å². The van der Waals surface area contributed by atoms with Gasteiger partial charge < -0.3 is 9.15 Å². The van der Waals surface area contributed by atoms with Crippen LogP contribution in [0.25, 0.3) is 0 Å². The van der Waals surface area contributed by atoms with Gasteiger partial charge in [-0.15, -0.1) is 0 Å². The van der Waals surface area contributed by atoms with Crippen molar-refractivity contribution < 1.29 is 18.3 Å². The van der Waals surface area contributed by atoms with E-state index in [2.05, 4.69) is 15.9 Å². The van der Waals surface area contributed by atoms with Crippen molar-refractivity contribution in [1.82, 2.24) is 0 Å². The van der Waals surface area contributed by atoms with Crippen molar-refractivity contribution in [2.75, 3.05) is 7.11 Å². The average molecular weight is 313 g/mol. The van der Waals surface area contributed by atoms with Gasteiger partial charge in [0.25, 0.3) is 0 Å². The van der Waals surface area contributed by atoms with E-state index >= 15 is 0 Å². The topological polar surface area (TPSA) is 39.4 Å². The second kappa shape index (κ2) is 5.46. The molecule has 2 rings (SSSR count). The molecule has 0 amide bonds. The Morgan fingerprint density at radius 2 is 2.17 bits per heavy atom. The Balaban J connectivity index is 2.29. The van der Waals surface area contributed by atoms with E-state index in [1.807, 2.05) is 0 Å². The Labute approximate surface area is 112 Å². The largest absolute Gasteiger partial charge is 0.455 e. The third-order valence-corrected chi connectivity index (χ3v) is 2.75. The van der Waals surface area contributed by atoms with E-state index in [0.717, 1.165) is 0 Å². The van der Waals surface area contributed by atoms with Crippen LogP contribution in [0.3, 0.4) is 0 Å². The van der Waals surface area contributed by atoms with Crippen LogP contribution in [0.5, 0.6) is 0 Å². The molecule has 0 spiro atoms. The third kappa shape index (κ3) is 2.86. The number of hydrogen-bond acceptors (Lipinski definition) is 3. The predicted octanol–water partition coefficient (Wildman–Crippen LogP) is 3.56. The van der Waals surface area contributed by atoms with E-state index < -0.39 is 5.82 Å². The highest BCUT2D eigenvalue weighted by atomic mass is 79.9. The molecule has 1 aromatic carbocycles. The minimum atomic E-state index is -0.476. The average Bonchev–Trinajstić information content (AvgIpc) is 2.76. The summed E-state index contributed by atoms with van der Waals surface area (Å²) in [5.41, 5.74) is 0.236. The smallest absolute Gasteiger partial charge is 0.228 e. The van der Waals surface area contributed by atoms with Crippen molar-refractivity contribution in [1.29, 1.82) is 0 Å². The molecule has 0 aliphatic carbocycles. The first-order chi connectivity index (χ1) is 8.60. The Hall–Kier alpha value is -1.46. The molecule has 0 aliphatic heterocycles. The summed E-state index contributed by atoms with van der Waals surface area (Å²) in [5.74, 6) is -0.121. The molecular weight excluding hydrogens is 303 g/mol. The second-order valence-electron chi connectivity index (χ2n) is 3.69. The number of benzene rings is 1. The monoisotopic (exact) mass is 312 g/mol. The SMILES string of the molecule is COCc1ccc(C(=O)c2cc(F)cc(Br)c2)o1. The molecule has 0 radical (unpaired) electrons. The van der Waals surface area contributed by atoms with Gasteiger partial charge in [-0.1, -0.05) is 15.9 Å². The van der Waals surface area contributed by atoms with Gasteiger partial charge in [-0.2, -0.15) is 0 Å². The van der Waals surface area contributed by atoms with Crippen molar-refractivity contribution in [3.05, 3.63) is 57.7 Å². The summed E-state index contributed by atoms with van der Waals surface area (Å²) < 4.78 is 23.9. The van der Waals surface area contributed by atoms with Crippen LogP contribution in [0.15, 0.2) is 39.2 Å². The van der Waals surface area contributed by atoms with Gasteiger partial charge in [0.1, 0.15) is 18.2 Å². The molecule has 0 unspecified atom stereocenters. The van der Waals surface area contributed by atoms with Crippen molar-refractivity contribution in [2.45, 2.75) is 6.61 Å². The predicted molar refractivity (Wildman–Crippen MR) is 67.0 cm³/mol. The van der Waals surface area contributed by atoms with E-state index in [4.69, 9.17) is 9.15 Å². The van der Waals surface area contributed by atoms with Crippen LogP contribution in [0.4, 0.5) is 4.39 Å². The molecule has 2 aromatic rings. The summed E-state index contributed by atoms with van der Waals surface area (Å²) in [5, 5.41) is 0. The fourth-order valence-corrected chi connectivity index (χ4v) is 2.01. The quantitative estimate of drug-likeness (QED) is 0.810. The van der Waals surface area contributed by atoms with E-state index in [0.29, 0.717) is 16.8 Å². The van der Waals surface area contributed by atoms with E-state index in [-0.39, 0.29) is 17.1 Å². The Kier molecular flexibility index (Phi) is 3.93. The Morgan fingerprint density at radius 1 is 1.39 bits per heavy atom. The first-order valence-corrected chi connectivity index (χ1v) is 5.98. The number of hydrogen-bond donors (Lipinski definition) is 0. The van der Waals surface area contributed by atoms with Crippen molar-refractivity contribution in [3.63, 3.8) is 0 Å². The molecule has 1 aromatic heterocycles. The molecule has 3 nitrogen and oxygen atoms in total. The third-order valence-electron chi connectivity index (χ3n) is 2.30. The minimum Gasteiger partial charge on any atom is -0.455 e. The molecule has 5 heteroatoms. The standard InChI is InChI=1S/C13H10BrFO3/c1-17-7-11-2-3-12(18-11)13(16)8-4-9(14)6-10(15)5-8/h2-6H,7H2,1H3. The summed E-state index contributed by atoms with van der Waals surface area (Å²) in [7, 11) is 1.54. The molecule has 0 saturated heterocycles. The molecule has 18 heavy (non-hydrogen) atoms. The summed E-state index contributed by atoms with van der Waals surface area (Å²) in [6, 6.07) is 7.21. The van der Waals surface area contributed by atoms with Crippen molar-refractivity contribution in [2.24, 2.45) is 0 Å². The number of furan rings is 1. The lowest BCUT2D eigenvalue weighted by molar-refractivity contribution is 0.0999. The molecule has 0 atom stereocenters. The first-order valence-electron chi connectivity index (χ1n) is 5.18. The Bertz CT molecular complexity index is 557. The lowest BCUT2D eigenvalue weighted by atomic mass is 10.1. The number of rotatable bonds is 4. The maximum atomic E-state index is 13.2. The van der Waals surface area contributed by atoms with Crippen LogP contribution >= 0.6 is 15.9 Å². The second-order valence-corrected chi connectivity index (χ2v) is 4.60. The zero-order chi connectivity index (χ0) is 13.1. The van der Waals surface area contributed by atoms with Gasteiger partial charge in [0, 0.05) is 17.1 Å². The summed E-state index contributed by atoms with van der Waals surface area (Å²) in [6.45, 7) is 0.292. The normalized spacial score (nSPS) is 10.6.